The highest BCUT2D eigenvalue weighted by Gasteiger charge is 2.61. The van der Waals surface area contributed by atoms with E-state index in [1.54, 1.807) is 13.8 Å². The molecule has 0 aromatic heterocycles. The van der Waals surface area contributed by atoms with Gasteiger partial charge >= 0.3 is 6.18 Å². The van der Waals surface area contributed by atoms with Gasteiger partial charge in [-0.3, -0.25) is 4.79 Å². The van der Waals surface area contributed by atoms with Gasteiger partial charge in [-0.2, -0.15) is 13.2 Å². The number of rotatable bonds is 4. The number of hydrogen-bond acceptors (Lipinski definition) is 1. The van der Waals surface area contributed by atoms with Gasteiger partial charge in [-0.1, -0.05) is 74.0 Å². The van der Waals surface area contributed by atoms with Gasteiger partial charge in [0.25, 0.3) is 0 Å². The Kier molecular flexibility index (Phi) is 5.67. The number of carbonyl (C=O) groups excluding carboxylic acids is 1. The number of fused-ring (bicyclic) bond motifs is 3. The van der Waals surface area contributed by atoms with Crippen molar-refractivity contribution in [1.29, 1.82) is 0 Å². The topological polar surface area (TPSA) is 29.1 Å². The number of carbonyl (C=O) groups is 1. The summed E-state index contributed by atoms with van der Waals surface area (Å²) in [6.07, 6.45) is -0.623. The average molecular weight is 448 g/mol. The second kappa shape index (κ2) is 8.01. The molecule has 0 radical (unpaired) electrons. The maximum absolute atomic E-state index is 12.8. The fourth-order valence-electron chi connectivity index (χ4n) is 4.84. The van der Waals surface area contributed by atoms with Gasteiger partial charge in [-0.05, 0) is 58.4 Å². The van der Waals surface area contributed by atoms with Crippen LogP contribution in [0.3, 0.4) is 0 Å². The molecule has 1 saturated carbocycles. The summed E-state index contributed by atoms with van der Waals surface area (Å²) in [4.78, 5) is 12.8. The Bertz CT molecular complexity index is 1040. The van der Waals surface area contributed by atoms with E-state index < -0.39 is 28.5 Å². The lowest BCUT2D eigenvalue weighted by Crippen LogP contribution is -2.27. The van der Waals surface area contributed by atoms with Gasteiger partial charge < -0.3 is 5.32 Å². The molecule has 2 aliphatic carbocycles. The van der Waals surface area contributed by atoms with Crippen molar-refractivity contribution >= 4 is 17.5 Å². The molecule has 2 nitrogen and oxygen atoms in total. The Morgan fingerprint density at radius 1 is 1.13 bits per heavy atom. The fourth-order valence-corrected chi connectivity index (χ4v) is 4.97. The first-order valence-corrected chi connectivity index (χ1v) is 10.9. The van der Waals surface area contributed by atoms with E-state index in [0.717, 1.165) is 30.9 Å². The Balaban J connectivity index is 1.51. The van der Waals surface area contributed by atoms with E-state index in [0.29, 0.717) is 6.54 Å². The van der Waals surface area contributed by atoms with Crippen molar-refractivity contribution in [2.75, 3.05) is 0 Å². The third kappa shape index (κ3) is 4.25. The van der Waals surface area contributed by atoms with E-state index in [2.05, 4.69) is 29.6 Å². The predicted octanol–water partition coefficient (Wildman–Crippen LogP) is 6.42. The quantitative estimate of drug-likeness (QED) is 0.576. The number of alkyl halides is 3. The summed E-state index contributed by atoms with van der Waals surface area (Å²) in [7, 11) is 0. The van der Waals surface area contributed by atoms with E-state index in [1.165, 1.54) is 22.3 Å². The second-order valence-corrected chi connectivity index (χ2v) is 9.42. The van der Waals surface area contributed by atoms with Gasteiger partial charge in [-0.15, -0.1) is 0 Å². The molecule has 0 saturated heterocycles. The van der Waals surface area contributed by atoms with Gasteiger partial charge in [-0.25, -0.2) is 0 Å². The lowest BCUT2D eigenvalue weighted by atomic mass is 9.93. The standard InChI is InChI=1S/C25H25ClF3NO/c1-24(2)20(13-21(26)25(27,28)29)22(24)23(31)30-14-16-9-6-12-19-17-10-4-3-7-15(17)8-5-11-18(16)19/h3-4,6-7,9-10,12-13,20,22H,5,8,11,14H2,1-2H3,(H,30,31)/b21-13-. The summed E-state index contributed by atoms with van der Waals surface area (Å²) < 4.78 is 38.4. The second-order valence-electron chi connectivity index (χ2n) is 9.01. The molecule has 0 heterocycles. The van der Waals surface area contributed by atoms with E-state index in [9.17, 15) is 18.0 Å². The number of benzene rings is 2. The molecule has 6 heteroatoms. The summed E-state index contributed by atoms with van der Waals surface area (Å²) in [6.45, 7) is 3.95. The third-order valence-corrected chi connectivity index (χ3v) is 7.04. The van der Waals surface area contributed by atoms with Crippen LogP contribution in [0.25, 0.3) is 11.1 Å². The van der Waals surface area contributed by atoms with E-state index in [-0.39, 0.29) is 5.91 Å². The molecule has 4 rings (SSSR count). The minimum Gasteiger partial charge on any atom is -0.352 e. The maximum atomic E-state index is 12.8. The Labute approximate surface area is 185 Å². The molecule has 2 aromatic rings. The molecule has 1 N–H and O–H groups in total. The third-order valence-electron chi connectivity index (χ3n) is 6.70. The molecular weight excluding hydrogens is 423 g/mol. The van der Waals surface area contributed by atoms with Crippen LogP contribution in [0.5, 0.6) is 0 Å². The largest absolute Gasteiger partial charge is 0.426 e. The van der Waals surface area contributed by atoms with Crippen molar-refractivity contribution in [2.45, 2.75) is 45.8 Å². The number of hydrogen-bond donors (Lipinski definition) is 1. The first-order chi connectivity index (χ1) is 14.6. The molecule has 1 amide bonds. The molecule has 164 valence electrons. The van der Waals surface area contributed by atoms with Crippen molar-refractivity contribution in [2.24, 2.45) is 17.3 Å². The van der Waals surface area contributed by atoms with Crippen molar-refractivity contribution < 1.29 is 18.0 Å². The zero-order chi connectivity index (χ0) is 22.4. The van der Waals surface area contributed by atoms with Crippen LogP contribution in [-0.2, 0) is 24.2 Å². The lowest BCUT2D eigenvalue weighted by molar-refractivity contribution is -0.123. The van der Waals surface area contributed by atoms with Crippen molar-refractivity contribution in [3.8, 4) is 11.1 Å². The molecule has 31 heavy (non-hydrogen) atoms. The molecular formula is C25H25ClF3NO. The van der Waals surface area contributed by atoms with Crippen LogP contribution in [0.4, 0.5) is 13.2 Å². The van der Waals surface area contributed by atoms with Crippen LogP contribution >= 0.6 is 11.6 Å². The summed E-state index contributed by atoms with van der Waals surface area (Å²) in [5.41, 5.74) is 5.50. The van der Waals surface area contributed by atoms with Crippen LogP contribution < -0.4 is 5.32 Å². The minimum atomic E-state index is -4.58. The van der Waals surface area contributed by atoms with E-state index in [1.807, 2.05) is 18.2 Å². The number of aryl methyl sites for hydroxylation is 1. The number of allylic oxidation sites excluding steroid dienone is 2. The van der Waals surface area contributed by atoms with Crippen LogP contribution in [0.15, 0.2) is 53.6 Å². The van der Waals surface area contributed by atoms with Crippen LogP contribution in [0, 0.1) is 17.3 Å². The van der Waals surface area contributed by atoms with Gasteiger partial charge in [0.05, 0.1) is 5.92 Å². The predicted molar refractivity (Wildman–Crippen MR) is 117 cm³/mol. The van der Waals surface area contributed by atoms with Crippen molar-refractivity contribution in [3.05, 3.63) is 70.3 Å². The normalized spacial score (nSPS) is 22.2. The van der Waals surface area contributed by atoms with E-state index >= 15 is 0 Å². The monoisotopic (exact) mass is 447 g/mol. The molecule has 2 aliphatic rings. The number of amides is 1. The first-order valence-electron chi connectivity index (χ1n) is 10.5. The van der Waals surface area contributed by atoms with Gasteiger partial charge in [0, 0.05) is 6.54 Å². The van der Waals surface area contributed by atoms with Crippen LogP contribution in [-0.4, -0.2) is 12.1 Å². The molecule has 0 spiro atoms. The van der Waals surface area contributed by atoms with Crippen LogP contribution in [0.1, 0.15) is 37.0 Å². The fraction of sp³-hybridized carbons (Fsp3) is 0.400. The highest BCUT2D eigenvalue weighted by Crippen LogP contribution is 2.60. The zero-order valence-electron chi connectivity index (χ0n) is 17.5. The van der Waals surface area contributed by atoms with Gasteiger partial charge in [0.15, 0.2) is 0 Å². The van der Waals surface area contributed by atoms with Crippen molar-refractivity contribution in [1.82, 2.24) is 5.32 Å². The summed E-state index contributed by atoms with van der Waals surface area (Å²) in [5.74, 6) is -1.28. The molecule has 2 aromatic carbocycles. The maximum Gasteiger partial charge on any atom is 0.426 e. The molecule has 2 atom stereocenters. The Morgan fingerprint density at radius 2 is 1.84 bits per heavy atom. The molecule has 2 unspecified atom stereocenters. The molecule has 1 fully saturated rings. The SMILES string of the molecule is CC1(C)C(/C=C(\Cl)C(F)(F)F)C1C(=O)NCc1cccc2c1CCCc1ccccc1-2. The first kappa shape index (κ1) is 21.9. The summed E-state index contributed by atoms with van der Waals surface area (Å²) in [6, 6.07) is 14.5. The Hall–Kier alpha value is -2.27. The van der Waals surface area contributed by atoms with Crippen molar-refractivity contribution in [3.63, 3.8) is 0 Å². The molecule has 0 aliphatic heterocycles. The zero-order valence-corrected chi connectivity index (χ0v) is 18.3. The number of halogens is 4. The highest BCUT2D eigenvalue weighted by molar-refractivity contribution is 6.30. The van der Waals surface area contributed by atoms with Gasteiger partial charge in [0.2, 0.25) is 5.91 Å². The highest BCUT2D eigenvalue weighted by atomic mass is 35.5. The smallest absolute Gasteiger partial charge is 0.352 e. The lowest BCUT2D eigenvalue weighted by Gasteiger charge is -2.15. The molecule has 0 bridgehead atoms. The van der Waals surface area contributed by atoms with Gasteiger partial charge in [0.1, 0.15) is 5.03 Å². The summed E-state index contributed by atoms with van der Waals surface area (Å²) in [5, 5.41) is 1.80. The number of nitrogens with one attached hydrogen (secondary N) is 1. The average Bonchev–Trinajstić information content (AvgIpc) is 3.32. The summed E-state index contributed by atoms with van der Waals surface area (Å²) >= 11 is 5.40. The van der Waals surface area contributed by atoms with Crippen LogP contribution in [0.2, 0.25) is 0 Å². The van der Waals surface area contributed by atoms with E-state index in [4.69, 9.17) is 11.6 Å². The minimum absolute atomic E-state index is 0.232. The Morgan fingerprint density at radius 3 is 2.58 bits per heavy atom.